The Bertz CT molecular complexity index is 881. The lowest BCUT2D eigenvalue weighted by Crippen LogP contribution is -2.01. The van der Waals surface area contributed by atoms with E-state index in [0.717, 1.165) is 0 Å². The zero-order valence-electron chi connectivity index (χ0n) is 14.0. The normalized spacial score (nSPS) is 14.0. The molecule has 2 aromatic rings. The van der Waals surface area contributed by atoms with Gasteiger partial charge in [0.05, 0.1) is 19.8 Å². The Morgan fingerprint density at radius 3 is 2.48 bits per heavy atom. The van der Waals surface area contributed by atoms with Crippen LogP contribution in [-0.4, -0.2) is 26.0 Å². The number of hydrogen-bond acceptors (Lipinski definition) is 6. The van der Waals surface area contributed by atoms with E-state index in [1.54, 1.807) is 43.5 Å². The molecule has 0 unspecified atom stereocenters. The predicted molar refractivity (Wildman–Crippen MR) is 90.2 cm³/mol. The molecule has 0 radical (unpaired) electrons. The van der Waals surface area contributed by atoms with Gasteiger partial charge < -0.3 is 18.9 Å². The summed E-state index contributed by atoms with van der Waals surface area (Å²) in [6.45, 7) is 1.31. The first-order valence-corrected chi connectivity index (χ1v) is 7.50. The summed E-state index contributed by atoms with van der Waals surface area (Å²) in [6.07, 6.45) is 1.60. The molecule has 0 spiro atoms. The molecule has 6 nitrogen and oxygen atoms in total. The number of ketones is 1. The van der Waals surface area contributed by atoms with Crippen molar-refractivity contribution in [2.75, 3.05) is 14.2 Å². The third-order valence-corrected chi connectivity index (χ3v) is 3.63. The van der Waals surface area contributed by atoms with E-state index in [4.69, 9.17) is 18.9 Å². The average Bonchev–Trinajstić information content (AvgIpc) is 2.90. The summed E-state index contributed by atoms with van der Waals surface area (Å²) in [6, 6.07) is 9.90. The summed E-state index contributed by atoms with van der Waals surface area (Å²) in [5.74, 6) is 1.35. The molecular formula is C19H16O6. The first-order chi connectivity index (χ1) is 12.0. The topological polar surface area (TPSA) is 71.1 Å². The minimum Gasteiger partial charge on any atom is -0.497 e. The molecule has 0 N–H and O–H groups in total. The van der Waals surface area contributed by atoms with Gasteiger partial charge in [-0.05, 0) is 30.3 Å². The smallest absolute Gasteiger partial charge is 0.308 e. The van der Waals surface area contributed by atoms with Crippen molar-refractivity contribution in [3.63, 3.8) is 0 Å². The molecule has 0 bridgehead atoms. The zero-order chi connectivity index (χ0) is 18.0. The van der Waals surface area contributed by atoms with Crippen LogP contribution in [-0.2, 0) is 4.79 Å². The highest BCUT2D eigenvalue weighted by atomic mass is 16.5. The van der Waals surface area contributed by atoms with E-state index in [2.05, 4.69) is 0 Å². The fourth-order valence-electron chi connectivity index (χ4n) is 2.48. The number of ether oxygens (including phenoxy) is 4. The third kappa shape index (κ3) is 3.33. The molecule has 1 heterocycles. The molecule has 6 heteroatoms. The standard InChI is InChI=1S/C19H16O6/c1-11(20)24-14-6-7-15-17(10-14)25-18(19(15)21)8-12-4-5-13(22-2)9-16(12)23-3/h4-10H,1-3H3. The second-order valence-corrected chi connectivity index (χ2v) is 5.30. The fraction of sp³-hybridized carbons (Fsp3) is 0.158. The number of allylic oxidation sites excluding steroid dienone is 1. The maximum Gasteiger partial charge on any atom is 0.308 e. The van der Waals surface area contributed by atoms with Gasteiger partial charge in [0.25, 0.3) is 0 Å². The van der Waals surface area contributed by atoms with Gasteiger partial charge in [0.1, 0.15) is 23.0 Å². The highest BCUT2D eigenvalue weighted by Crippen LogP contribution is 2.36. The molecule has 0 atom stereocenters. The van der Waals surface area contributed by atoms with Crippen LogP contribution in [0, 0.1) is 0 Å². The summed E-state index contributed by atoms with van der Waals surface area (Å²) in [7, 11) is 3.10. The second-order valence-electron chi connectivity index (χ2n) is 5.30. The van der Waals surface area contributed by atoms with Crippen LogP contribution in [0.5, 0.6) is 23.0 Å². The minimum atomic E-state index is -0.442. The van der Waals surface area contributed by atoms with E-state index >= 15 is 0 Å². The Morgan fingerprint density at radius 2 is 1.80 bits per heavy atom. The lowest BCUT2D eigenvalue weighted by atomic mass is 10.1. The van der Waals surface area contributed by atoms with Gasteiger partial charge in [-0.25, -0.2) is 0 Å². The van der Waals surface area contributed by atoms with E-state index in [0.29, 0.717) is 34.1 Å². The molecule has 0 amide bonds. The van der Waals surface area contributed by atoms with Crippen LogP contribution < -0.4 is 18.9 Å². The summed E-state index contributed by atoms with van der Waals surface area (Å²) in [4.78, 5) is 23.5. The van der Waals surface area contributed by atoms with Gasteiger partial charge >= 0.3 is 5.97 Å². The van der Waals surface area contributed by atoms with Gasteiger partial charge in [0.2, 0.25) is 5.78 Å². The van der Waals surface area contributed by atoms with Crippen LogP contribution >= 0.6 is 0 Å². The Kier molecular flexibility index (Phi) is 4.43. The maximum atomic E-state index is 12.5. The molecule has 1 aliphatic rings. The van der Waals surface area contributed by atoms with Crippen LogP contribution in [0.3, 0.4) is 0 Å². The Hall–Kier alpha value is -3.28. The predicted octanol–water partition coefficient (Wildman–Crippen LogP) is 3.25. The molecule has 1 aliphatic heterocycles. The van der Waals surface area contributed by atoms with Crippen molar-refractivity contribution in [2.45, 2.75) is 6.92 Å². The van der Waals surface area contributed by atoms with E-state index in [1.807, 2.05) is 0 Å². The van der Waals surface area contributed by atoms with Crippen molar-refractivity contribution in [2.24, 2.45) is 0 Å². The summed E-state index contributed by atoms with van der Waals surface area (Å²) < 4.78 is 21.1. The highest BCUT2D eigenvalue weighted by molar-refractivity contribution is 6.14. The molecule has 3 rings (SSSR count). The Morgan fingerprint density at radius 1 is 1.04 bits per heavy atom. The van der Waals surface area contributed by atoms with Crippen LogP contribution in [0.25, 0.3) is 6.08 Å². The van der Waals surface area contributed by atoms with Gasteiger partial charge in [-0.15, -0.1) is 0 Å². The monoisotopic (exact) mass is 340 g/mol. The van der Waals surface area contributed by atoms with Crippen LogP contribution in [0.1, 0.15) is 22.8 Å². The largest absolute Gasteiger partial charge is 0.497 e. The summed E-state index contributed by atoms with van der Waals surface area (Å²) in [5, 5.41) is 0. The van der Waals surface area contributed by atoms with Crippen molar-refractivity contribution >= 4 is 17.8 Å². The van der Waals surface area contributed by atoms with Gasteiger partial charge in [-0.2, -0.15) is 0 Å². The fourth-order valence-corrected chi connectivity index (χ4v) is 2.48. The van der Waals surface area contributed by atoms with Gasteiger partial charge in [-0.1, -0.05) is 0 Å². The molecular weight excluding hydrogens is 324 g/mol. The Labute approximate surface area is 144 Å². The van der Waals surface area contributed by atoms with Crippen molar-refractivity contribution in [1.82, 2.24) is 0 Å². The number of benzene rings is 2. The number of carbonyl (C=O) groups is 2. The van der Waals surface area contributed by atoms with E-state index in [1.165, 1.54) is 20.1 Å². The Balaban J connectivity index is 1.93. The molecule has 128 valence electrons. The number of hydrogen-bond donors (Lipinski definition) is 0. The molecule has 2 aromatic carbocycles. The maximum absolute atomic E-state index is 12.5. The molecule has 0 saturated heterocycles. The molecule has 0 saturated carbocycles. The average molecular weight is 340 g/mol. The number of fused-ring (bicyclic) bond motifs is 1. The van der Waals surface area contributed by atoms with Crippen LogP contribution in [0.4, 0.5) is 0 Å². The molecule has 0 aromatic heterocycles. The SMILES string of the molecule is COc1ccc(C=C2Oc3cc(OC(C)=O)ccc3C2=O)c(OC)c1. The lowest BCUT2D eigenvalue weighted by molar-refractivity contribution is -0.131. The summed E-state index contributed by atoms with van der Waals surface area (Å²) >= 11 is 0. The number of Topliss-reactive ketones (excluding diaryl/α,β-unsaturated/α-hetero) is 1. The minimum absolute atomic E-state index is 0.165. The number of methoxy groups -OCH3 is 2. The van der Waals surface area contributed by atoms with E-state index in [-0.39, 0.29) is 11.5 Å². The van der Waals surface area contributed by atoms with Gasteiger partial charge in [0.15, 0.2) is 5.76 Å². The first kappa shape index (κ1) is 16.6. The molecule has 25 heavy (non-hydrogen) atoms. The number of rotatable bonds is 4. The van der Waals surface area contributed by atoms with E-state index in [9.17, 15) is 9.59 Å². The van der Waals surface area contributed by atoms with Crippen molar-refractivity contribution in [3.05, 3.63) is 53.3 Å². The van der Waals surface area contributed by atoms with Gasteiger partial charge in [0, 0.05) is 24.6 Å². The first-order valence-electron chi connectivity index (χ1n) is 7.50. The third-order valence-electron chi connectivity index (χ3n) is 3.63. The summed E-state index contributed by atoms with van der Waals surface area (Å²) in [5.41, 5.74) is 1.09. The van der Waals surface area contributed by atoms with Crippen molar-refractivity contribution in [1.29, 1.82) is 0 Å². The van der Waals surface area contributed by atoms with Crippen LogP contribution in [0.2, 0.25) is 0 Å². The van der Waals surface area contributed by atoms with Gasteiger partial charge in [-0.3, -0.25) is 9.59 Å². The highest BCUT2D eigenvalue weighted by Gasteiger charge is 2.28. The zero-order valence-corrected chi connectivity index (χ0v) is 14.0. The quantitative estimate of drug-likeness (QED) is 0.483. The number of esters is 1. The van der Waals surface area contributed by atoms with E-state index < -0.39 is 5.97 Å². The van der Waals surface area contributed by atoms with Crippen molar-refractivity contribution < 1.29 is 28.5 Å². The molecule has 0 aliphatic carbocycles. The lowest BCUT2D eigenvalue weighted by Gasteiger charge is -2.08. The molecule has 0 fully saturated rings. The number of carbonyl (C=O) groups excluding carboxylic acids is 2. The van der Waals surface area contributed by atoms with Crippen molar-refractivity contribution in [3.8, 4) is 23.0 Å². The second kappa shape index (κ2) is 6.68. The van der Waals surface area contributed by atoms with Crippen LogP contribution in [0.15, 0.2) is 42.2 Å².